The molecule has 0 N–H and O–H groups in total. The Balaban J connectivity index is 1.40. The largest absolute Gasteiger partial charge is 0.455 e. The molecule has 27 heavy (non-hydrogen) atoms. The highest BCUT2D eigenvalue weighted by Gasteiger charge is 2.56. The monoisotopic (exact) mass is 381 g/mol. The molecule has 138 valence electrons. The highest BCUT2D eigenvalue weighted by Crippen LogP contribution is 2.45. The number of hydrogen-bond donors (Lipinski definition) is 0. The Morgan fingerprint density at radius 2 is 1.74 bits per heavy atom. The number of esters is 1. The first-order chi connectivity index (χ1) is 13.1. The predicted molar refractivity (Wildman–Crippen MR) is 103 cm³/mol. The van der Waals surface area contributed by atoms with E-state index >= 15 is 0 Å². The van der Waals surface area contributed by atoms with Crippen molar-refractivity contribution in [2.24, 2.45) is 0 Å². The minimum absolute atomic E-state index is 0.0141. The first-order valence-corrected chi connectivity index (χ1v) is 9.89. The van der Waals surface area contributed by atoms with Gasteiger partial charge in [0.1, 0.15) is 0 Å². The van der Waals surface area contributed by atoms with Gasteiger partial charge in [0.2, 0.25) is 5.91 Å². The van der Waals surface area contributed by atoms with Crippen molar-refractivity contribution in [3.63, 3.8) is 0 Å². The van der Waals surface area contributed by atoms with Gasteiger partial charge in [0, 0.05) is 24.3 Å². The van der Waals surface area contributed by atoms with Crippen LogP contribution in [-0.4, -0.2) is 46.3 Å². The molecule has 0 radical (unpaired) electrons. The Hall–Kier alpha value is -2.60. The minimum Gasteiger partial charge on any atom is -0.455 e. The molecule has 2 fully saturated rings. The molecule has 2 aliphatic heterocycles. The number of ether oxygens (including phenoxy) is 1. The number of benzene rings is 2. The fourth-order valence-corrected chi connectivity index (χ4v) is 4.97. The topological polar surface area (TPSA) is 63.7 Å². The van der Waals surface area contributed by atoms with Gasteiger partial charge in [-0.05, 0) is 17.5 Å². The molecular formula is C21H19NO4S. The van der Waals surface area contributed by atoms with Crippen molar-refractivity contribution in [2.45, 2.75) is 17.7 Å². The van der Waals surface area contributed by atoms with Gasteiger partial charge in [-0.1, -0.05) is 54.6 Å². The van der Waals surface area contributed by atoms with Gasteiger partial charge in [-0.3, -0.25) is 9.59 Å². The Morgan fingerprint density at radius 1 is 1.04 bits per heavy atom. The van der Waals surface area contributed by atoms with Crippen molar-refractivity contribution in [1.29, 1.82) is 0 Å². The van der Waals surface area contributed by atoms with Crippen LogP contribution in [0.1, 0.15) is 23.2 Å². The molecule has 0 saturated carbocycles. The fourth-order valence-electron chi connectivity index (χ4n) is 3.59. The van der Waals surface area contributed by atoms with Crippen LogP contribution in [0.25, 0.3) is 11.1 Å². The summed E-state index contributed by atoms with van der Waals surface area (Å²) < 4.78 is 5.31. The van der Waals surface area contributed by atoms with Gasteiger partial charge in [0.05, 0.1) is 0 Å². The second-order valence-corrected chi connectivity index (χ2v) is 7.99. The molecule has 2 heterocycles. The smallest absolute Gasteiger partial charge is 0.343 e. The van der Waals surface area contributed by atoms with E-state index in [0.29, 0.717) is 24.9 Å². The summed E-state index contributed by atoms with van der Waals surface area (Å²) in [6, 6.07) is 17.1. The summed E-state index contributed by atoms with van der Waals surface area (Å²) in [7, 11) is 0. The van der Waals surface area contributed by atoms with E-state index in [1.807, 2.05) is 42.5 Å². The predicted octanol–water partition coefficient (Wildman–Crippen LogP) is 3.15. The van der Waals surface area contributed by atoms with Crippen LogP contribution in [0.4, 0.5) is 0 Å². The van der Waals surface area contributed by atoms with Crippen molar-refractivity contribution in [3.8, 4) is 11.1 Å². The molecule has 2 aliphatic rings. The average molecular weight is 381 g/mol. The van der Waals surface area contributed by atoms with Gasteiger partial charge in [0.15, 0.2) is 17.3 Å². The second-order valence-electron chi connectivity index (χ2n) is 6.62. The summed E-state index contributed by atoms with van der Waals surface area (Å²) >= 11 is 1.44. The number of carbonyl (C=O) groups is 3. The zero-order valence-electron chi connectivity index (χ0n) is 14.7. The van der Waals surface area contributed by atoms with Crippen LogP contribution in [0.15, 0.2) is 54.6 Å². The highest BCUT2D eigenvalue weighted by molar-refractivity contribution is 8.01. The molecule has 5 nitrogen and oxygen atoms in total. The number of hydrogen-bond acceptors (Lipinski definition) is 5. The second kappa shape index (κ2) is 7.19. The van der Waals surface area contributed by atoms with Crippen LogP contribution in [0.2, 0.25) is 0 Å². The lowest BCUT2D eigenvalue weighted by molar-refractivity contribution is -0.152. The molecule has 0 spiro atoms. The Labute approximate surface area is 161 Å². The van der Waals surface area contributed by atoms with E-state index < -0.39 is 10.8 Å². The summed E-state index contributed by atoms with van der Waals surface area (Å²) in [5, 5.41) is 0. The van der Waals surface area contributed by atoms with E-state index in [-0.39, 0.29) is 18.3 Å². The van der Waals surface area contributed by atoms with Crippen molar-refractivity contribution in [2.75, 3.05) is 18.9 Å². The van der Waals surface area contributed by atoms with Crippen molar-refractivity contribution >= 4 is 29.4 Å². The van der Waals surface area contributed by atoms with Crippen molar-refractivity contribution in [3.05, 3.63) is 60.2 Å². The van der Waals surface area contributed by atoms with Crippen LogP contribution < -0.4 is 0 Å². The molecule has 0 unspecified atom stereocenters. The molecule has 0 aliphatic carbocycles. The molecule has 2 aromatic carbocycles. The lowest BCUT2D eigenvalue weighted by atomic mass is 10.0. The number of ketones is 1. The van der Waals surface area contributed by atoms with Crippen molar-refractivity contribution in [1.82, 2.24) is 4.90 Å². The van der Waals surface area contributed by atoms with E-state index in [1.165, 1.54) is 11.8 Å². The van der Waals surface area contributed by atoms with Crippen LogP contribution in [-0.2, 0) is 14.3 Å². The summed E-state index contributed by atoms with van der Waals surface area (Å²) in [5.41, 5.74) is 2.59. The van der Waals surface area contributed by atoms with Gasteiger partial charge in [0.25, 0.3) is 0 Å². The van der Waals surface area contributed by atoms with Crippen LogP contribution >= 0.6 is 11.8 Å². The van der Waals surface area contributed by atoms with E-state index in [2.05, 4.69) is 0 Å². The maximum Gasteiger partial charge on any atom is 0.343 e. The first-order valence-electron chi connectivity index (χ1n) is 8.90. The number of rotatable bonds is 5. The van der Waals surface area contributed by atoms with E-state index in [0.717, 1.165) is 16.9 Å². The molecule has 1 atom stereocenters. The number of carbonyl (C=O) groups excluding carboxylic acids is 3. The number of nitrogens with zero attached hydrogens (tertiary/aromatic N) is 1. The molecule has 6 heteroatoms. The third-order valence-electron chi connectivity index (χ3n) is 5.04. The molecule has 2 saturated heterocycles. The SMILES string of the molecule is O=C(COC(=O)[C@]12CCC(=O)N1CCS2)c1ccc(-c2ccccc2)cc1. The van der Waals surface area contributed by atoms with E-state index in [4.69, 9.17) is 4.74 Å². The number of thioether (sulfide) groups is 1. The standard InChI is InChI=1S/C21H19NO4S/c23-18(17-8-6-16(7-9-17)15-4-2-1-3-5-15)14-26-20(25)21-11-10-19(24)22(21)12-13-27-21/h1-9H,10-14H2/t21-/m1/s1. The van der Waals surface area contributed by atoms with Gasteiger partial charge in [-0.15, -0.1) is 11.8 Å². The summed E-state index contributed by atoms with van der Waals surface area (Å²) in [6.07, 6.45) is 0.812. The minimum atomic E-state index is -0.922. The normalized spacial score (nSPS) is 21.2. The van der Waals surface area contributed by atoms with Gasteiger partial charge in [-0.2, -0.15) is 0 Å². The lowest BCUT2D eigenvalue weighted by Gasteiger charge is -2.28. The van der Waals surface area contributed by atoms with Crippen LogP contribution in [0, 0.1) is 0 Å². The maximum atomic E-state index is 12.6. The summed E-state index contributed by atoms with van der Waals surface area (Å²) in [5.74, 6) is -0.0291. The zero-order valence-corrected chi connectivity index (χ0v) is 15.5. The first kappa shape index (κ1) is 17.8. The molecule has 0 aromatic heterocycles. The Kier molecular flexibility index (Phi) is 4.74. The number of fused-ring (bicyclic) bond motifs is 1. The van der Waals surface area contributed by atoms with Crippen LogP contribution in [0.5, 0.6) is 0 Å². The molecule has 2 aromatic rings. The fraction of sp³-hybridized carbons (Fsp3) is 0.286. The lowest BCUT2D eigenvalue weighted by Crippen LogP contribution is -2.46. The van der Waals surface area contributed by atoms with Gasteiger partial charge >= 0.3 is 5.97 Å². The summed E-state index contributed by atoms with van der Waals surface area (Å²) in [4.78, 5) is 37.6. The molecule has 4 rings (SSSR count). The third kappa shape index (κ3) is 3.25. The quantitative estimate of drug-likeness (QED) is 0.588. The molecular weight excluding hydrogens is 362 g/mol. The summed E-state index contributed by atoms with van der Waals surface area (Å²) in [6.45, 7) is 0.251. The Morgan fingerprint density at radius 3 is 2.48 bits per heavy atom. The number of amides is 1. The van der Waals surface area contributed by atoms with Gasteiger partial charge < -0.3 is 9.64 Å². The maximum absolute atomic E-state index is 12.6. The van der Waals surface area contributed by atoms with E-state index in [1.54, 1.807) is 17.0 Å². The van der Waals surface area contributed by atoms with Gasteiger partial charge in [-0.25, -0.2) is 4.79 Å². The Bertz CT molecular complexity index is 881. The molecule has 0 bridgehead atoms. The molecule has 1 amide bonds. The van der Waals surface area contributed by atoms with E-state index in [9.17, 15) is 14.4 Å². The highest BCUT2D eigenvalue weighted by atomic mass is 32.2. The number of Topliss-reactive ketones (excluding diaryl/α,β-unsaturated/α-hetero) is 1. The average Bonchev–Trinajstić information content (AvgIpc) is 3.28. The van der Waals surface area contributed by atoms with Crippen molar-refractivity contribution < 1.29 is 19.1 Å². The zero-order chi connectivity index (χ0) is 18.9. The third-order valence-corrected chi connectivity index (χ3v) is 6.49. The van der Waals surface area contributed by atoms with Crippen LogP contribution in [0.3, 0.4) is 0 Å².